The molecule has 1 aromatic carbocycles. The molecule has 0 radical (unpaired) electrons. The van der Waals surface area contributed by atoms with E-state index in [0.29, 0.717) is 25.2 Å². The zero-order valence-corrected chi connectivity index (χ0v) is 19.8. The fourth-order valence-electron chi connectivity index (χ4n) is 4.83. The third-order valence-corrected chi connectivity index (χ3v) is 6.65. The third kappa shape index (κ3) is 6.53. The fraction of sp³-hybridized carbons (Fsp3) is 0.407. The Labute approximate surface area is 205 Å². The zero-order valence-electron chi connectivity index (χ0n) is 19.8. The average Bonchev–Trinajstić information content (AvgIpc) is 2.87. The van der Waals surface area contributed by atoms with E-state index in [1.54, 1.807) is 31.9 Å². The Morgan fingerprint density at radius 1 is 1.23 bits per heavy atom. The molecule has 35 heavy (non-hydrogen) atoms. The lowest BCUT2D eigenvalue weighted by Crippen LogP contribution is -2.41. The molecule has 3 aromatic rings. The molecule has 3 atom stereocenters. The molecular formula is C27H30N4O4. The molecule has 0 unspecified atom stereocenters. The molecule has 0 amide bonds. The van der Waals surface area contributed by atoms with E-state index >= 15 is 0 Å². The summed E-state index contributed by atoms with van der Waals surface area (Å²) in [5, 5.41) is 21.4. The van der Waals surface area contributed by atoms with E-state index in [1.165, 1.54) is 0 Å². The van der Waals surface area contributed by atoms with Gasteiger partial charge >= 0.3 is 5.97 Å². The van der Waals surface area contributed by atoms with Gasteiger partial charge in [0.05, 0.1) is 31.5 Å². The van der Waals surface area contributed by atoms with Crippen LogP contribution in [-0.2, 0) is 4.79 Å². The first-order chi connectivity index (χ1) is 17.0. The van der Waals surface area contributed by atoms with E-state index in [-0.39, 0.29) is 18.3 Å². The van der Waals surface area contributed by atoms with E-state index in [4.69, 9.17) is 4.74 Å². The lowest BCUT2D eigenvalue weighted by atomic mass is 9.79. The molecule has 4 rings (SSSR count). The predicted molar refractivity (Wildman–Crippen MR) is 132 cm³/mol. The molecular weight excluding hydrogens is 444 g/mol. The number of aliphatic hydroxyl groups excluding tert-OH is 1. The molecule has 2 N–H and O–H groups in total. The monoisotopic (exact) mass is 474 g/mol. The summed E-state index contributed by atoms with van der Waals surface area (Å²) in [7, 11) is 1.62. The van der Waals surface area contributed by atoms with E-state index < -0.39 is 12.1 Å². The number of methoxy groups -OCH3 is 1. The molecule has 8 heteroatoms. The molecule has 3 heterocycles. The largest absolute Gasteiger partial charge is 0.497 e. The van der Waals surface area contributed by atoms with Gasteiger partial charge in [-0.2, -0.15) is 0 Å². The van der Waals surface area contributed by atoms with Crippen LogP contribution in [0.25, 0.3) is 10.9 Å². The normalized spacial score (nSPS) is 19.0. The number of benzene rings is 1. The van der Waals surface area contributed by atoms with Crippen LogP contribution in [0.4, 0.5) is 0 Å². The summed E-state index contributed by atoms with van der Waals surface area (Å²) in [5.41, 5.74) is 2.25. The summed E-state index contributed by atoms with van der Waals surface area (Å²) in [4.78, 5) is 26.3. The number of likely N-dealkylation sites (tertiary alicyclic amines) is 1. The van der Waals surface area contributed by atoms with Crippen LogP contribution >= 0.6 is 0 Å². The Bertz CT molecular complexity index is 1210. The maximum Gasteiger partial charge on any atom is 0.303 e. The highest BCUT2D eigenvalue weighted by Gasteiger charge is 2.31. The molecule has 0 saturated carbocycles. The highest BCUT2D eigenvalue weighted by molar-refractivity contribution is 5.83. The van der Waals surface area contributed by atoms with Crippen molar-refractivity contribution in [3.63, 3.8) is 0 Å². The number of hydrogen-bond acceptors (Lipinski definition) is 7. The van der Waals surface area contributed by atoms with Crippen LogP contribution in [0.5, 0.6) is 5.75 Å². The van der Waals surface area contributed by atoms with Crippen molar-refractivity contribution in [2.75, 3.05) is 26.7 Å². The molecule has 0 bridgehead atoms. The van der Waals surface area contributed by atoms with Crippen molar-refractivity contribution in [3.05, 3.63) is 60.3 Å². The molecule has 1 fully saturated rings. The number of rotatable bonds is 8. The minimum atomic E-state index is -0.791. The predicted octanol–water partition coefficient (Wildman–Crippen LogP) is 3.31. The molecule has 0 spiro atoms. The molecule has 1 aliphatic rings. The van der Waals surface area contributed by atoms with Crippen LogP contribution in [0.1, 0.15) is 43.0 Å². The zero-order chi connectivity index (χ0) is 24.6. The number of hydrogen-bond donors (Lipinski definition) is 2. The smallest absolute Gasteiger partial charge is 0.303 e. The van der Waals surface area contributed by atoms with E-state index in [9.17, 15) is 15.0 Å². The average molecular weight is 475 g/mol. The van der Waals surface area contributed by atoms with Gasteiger partial charge in [0.1, 0.15) is 11.4 Å². The number of aliphatic carboxylic acids is 1. The Morgan fingerprint density at radius 2 is 2.11 bits per heavy atom. The van der Waals surface area contributed by atoms with Gasteiger partial charge in [-0.1, -0.05) is 5.92 Å². The maximum atomic E-state index is 11.6. The van der Waals surface area contributed by atoms with Gasteiger partial charge < -0.3 is 14.9 Å². The number of carboxylic acids is 1. The Hall–Kier alpha value is -3.54. The second-order valence-electron chi connectivity index (χ2n) is 8.91. The summed E-state index contributed by atoms with van der Waals surface area (Å²) >= 11 is 0. The van der Waals surface area contributed by atoms with Gasteiger partial charge in [-0.05, 0) is 73.4 Å². The Kier molecular flexibility index (Phi) is 8.24. The number of fused-ring (bicyclic) bond motifs is 1. The summed E-state index contributed by atoms with van der Waals surface area (Å²) < 4.78 is 5.34. The highest BCUT2D eigenvalue weighted by atomic mass is 16.5. The molecule has 182 valence electrons. The summed E-state index contributed by atoms with van der Waals surface area (Å²) in [6.45, 7) is 2.09. The summed E-state index contributed by atoms with van der Waals surface area (Å²) in [6, 6.07) is 7.48. The quantitative estimate of drug-likeness (QED) is 0.479. The highest BCUT2D eigenvalue weighted by Crippen LogP contribution is 2.34. The van der Waals surface area contributed by atoms with Gasteiger partial charge in [-0.15, -0.1) is 0 Å². The molecule has 8 nitrogen and oxygen atoms in total. The van der Waals surface area contributed by atoms with Crippen LogP contribution < -0.4 is 4.74 Å². The molecule has 1 aliphatic heterocycles. The molecule has 1 saturated heterocycles. The summed E-state index contributed by atoms with van der Waals surface area (Å²) in [5.74, 6) is 6.31. The van der Waals surface area contributed by atoms with Gasteiger partial charge in [0.25, 0.3) is 0 Å². The molecule has 2 aromatic heterocycles. The number of nitrogens with zero attached hydrogens (tertiary/aromatic N) is 4. The Balaban J connectivity index is 1.39. The number of ether oxygens (including phenoxy) is 1. The van der Waals surface area contributed by atoms with Gasteiger partial charge in [0.2, 0.25) is 0 Å². The lowest BCUT2D eigenvalue weighted by Gasteiger charge is -2.37. The summed E-state index contributed by atoms with van der Waals surface area (Å²) in [6.07, 6.45) is 8.20. The van der Waals surface area contributed by atoms with Crippen molar-refractivity contribution in [2.24, 2.45) is 11.8 Å². The van der Waals surface area contributed by atoms with E-state index in [2.05, 4.69) is 31.7 Å². The van der Waals surface area contributed by atoms with Crippen LogP contribution in [0.3, 0.4) is 0 Å². The van der Waals surface area contributed by atoms with Crippen molar-refractivity contribution in [2.45, 2.75) is 31.8 Å². The van der Waals surface area contributed by atoms with Crippen molar-refractivity contribution >= 4 is 16.9 Å². The van der Waals surface area contributed by atoms with E-state index in [0.717, 1.165) is 41.6 Å². The van der Waals surface area contributed by atoms with Gasteiger partial charge in [0, 0.05) is 36.9 Å². The molecule has 0 aliphatic carbocycles. The number of carbonyl (C=O) groups is 1. The van der Waals surface area contributed by atoms with Crippen molar-refractivity contribution in [1.82, 2.24) is 19.9 Å². The van der Waals surface area contributed by atoms with Gasteiger partial charge in [-0.25, -0.2) is 4.98 Å². The number of carboxylic acid groups (broad SMARTS) is 1. The number of aromatic nitrogens is 3. The standard InChI is InChI=1S/C27H30N4O4/c1-35-22-5-6-25-24(16-22)23(8-10-30-25)26(32)7-4-19-9-14-31(18-20(19)15-27(33)34)13-2-3-21-17-28-11-12-29-21/h5-6,8,10-12,16-17,19-20,26,32H,4,7,9,13-15,18H2,1H3,(H,33,34)/t19-,20+,26-/m1/s1. The fourth-order valence-corrected chi connectivity index (χ4v) is 4.83. The van der Waals surface area contributed by atoms with Crippen LogP contribution in [0, 0.1) is 23.7 Å². The number of pyridine rings is 1. The van der Waals surface area contributed by atoms with Crippen molar-refractivity contribution in [1.29, 1.82) is 0 Å². The van der Waals surface area contributed by atoms with Crippen LogP contribution in [-0.4, -0.2) is 62.8 Å². The second-order valence-corrected chi connectivity index (χ2v) is 8.91. The van der Waals surface area contributed by atoms with Crippen molar-refractivity contribution < 1.29 is 19.7 Å². The SMILES string of the molecule is COc1ccc2nccc([C@H](O)CC[C@@H]3CCN(CC#Cc4cnccn4)C[C@@H]3CC(=O)O)c2c1. The minimum absolute atomic E-state index is 0.0149. The van der Waals surface area contributed by atoms with E-state index in [1.807, 2.05) is 24.3 Å². The van der Waals surface area contributed by atoms with Crippen molar-refractivity contribution in [3.8, 4) is 17.6 Å². The van der Waals surface area contributed by atoms with Crippen LogP contribution in [0.2, 0.25) is 0 Å². The number of aliphatic hydroxyl groups is 1. The third-order valence-electron chi connectivity index (χ3n) is 6.65. The number of piperidine rings is 1. The second kappa shape index (κ2) is 11.7. The van der Waals surface area contributed by atoms with Crippen LogP contribution in [0.15, 0.2) is 49.1 Å². The first-order valence-electron chi connectivity index (χ1n) is 11.8. The lowest BCUT2D eigenvalue weighted by molar-refractivity contribution is -0.139. The maximum absolute atomic E-state index is 11.6. The van der Waals surface area contributed by atoms with Gasteiger partial charge in [0.15, 0.2) is 0 Å². The first kappa shape index (κ1) is 24.6. The minimum Gasteiger partial charge on any atom is -0.497 e. The Morgan fingerprint density at radius 3 is 2.89 bits per heavy atom. The first-order valence-corrected chi connectivity index (χ1v) is 11.8. The topological polar surface area (TPSA) is 109 Å². The van der Waals surface area contributed by atoms with Gasteiger partial charge in [-0.3, -0.25) is 19.7 Å².